The van der Waals surface area contributed by atoms with Gasteiger partial charge in [0.05, 0.1) is 26.3 Å². The van der Waals surface area contributed by atoms with E-state index in [9.17, 15) is 9.59 Å². The molecular formula is C25H26N2O4. The Morgan fingerprint density at radius 1 is 0.839 bits per heavy atom. The first kappa shape index (κ1) is 21.9. The molecule has 0 unspecified atom stereocenters. The lowest BCUT2D eigenvalue weighted by Crippen LogP contribution is -2.36. The molecule has 0 bridgehead atoms. The fourth-order valence-electron chi connectivity index (χ4n) is 3.14. The Morgan fingerprint density at radius 3 is 2.13 bits per heavy atom. The number of esters is 1. The number of nitrogens with one attached hydrogen (secondary N) is 1. The molecule has 0 aromatic heterocycles. The number of anilines is 1. The molecule has 0 heterocycles. The van der Waals surface area contributed by atoms with Crippen molar-refractivity contribution in [2.45, 2.75) is 13.1 Å². The third kappa shape index (κ3) is 6.34. The molecule has 160 valence electrons. The molecule has 31 heavy (non-hydrogen) atoms. The minimum absolute atomic E-state index is 0.0937. The van der Waals surface area contributed by atoms with E-state index in [1.165, 1.54) is 7.11 Å². The second kappa shape index (κ2) is 10.8. The van der Waals surface area contributed by atoms with Crippen molar-refractivity contribution in [1.82, 2.24) is 5.32 Å². The second-order valence-electron chi connectivity index (χ2n) is 7.00. The van der Waals surface area contributed by atoms with Crippen molar-refractivity contribution >= 4 is 17.6 Å². The van der Waals surface area contributed by atoms with Gasteiger partial charge in [-0.15, -0.1) is 0 Å². The summed E-state index contributed by atoms with van der Waals surface area (Å²) in [7, 11) is 2.97. The van der Waals surface area contributed by atoms with E-state index in [1.807, 2.05) is 59.5 Å². The lowest BCUT2D eigenvalue weighted by molar-refractivity contribution is -0.119. The van der Waals surface area contributed by atoms with Crippen molar-refractivity contribution in [3.8, 4) is 5.75 Å². The van der Waals surface area contributed by atoms with Gasteiger partial charge in [-0.3, -0.25) is 4.79 Å². The lowest BCUT2D eigenvalue weighted by atomic mass is 10.1. The van der Waals surface area contributed by atoms with Crippen LogP contribution < -0.4 is 15.0 Å². The van der Waals surface area contributed by atoms with Crippen LogP contribution in [-0.4, -0.2) is 32.6 Å². The summed E-state index contributed by atoms with van der Waals surface area (Å²) >= 11 is 0. The Balaban J connectivity index is 1.65. The summed E-state index contributed by atoms with van der Waals surface area (Å²) in [4.78, 5) is 26.2. The molecule has 0 spiro atoms. The molecular weight excluding hydrogens is 392 g/mol. The van der Waals surface area contributed by atoms with Crippen LogP contribution in [0.25, 0.3) is 0 Å². The number of nitrogens with zero attached hydrogens (tertiary/aromatic N) is 1. The summed E-state index contributed by atoms with van der Waals surface area (Å²) in [5.74, 6) is 0.290. The predicted molar refractivity (Wildman–Crippen MR) is 120 cm³/mol. The highest BCUT2D eigenvalue weighted by atomic mass is 16.5. The maximum Gasteiger partial charge on any atom is 0.337 e. The zero-order valence-electron chi connectivity index (χ0n) is 17.7. The number of ether oxygens (including phenoxy) is 2. The van der Waals surface area contributed by atoms with E-state index in [-0.39, 0.29) is 18.4 Å². The number of methoxy groups -OCH3 is 2. The highest BCUT2D eigenvalue weighted by molar-refractivity contribution is 5.89. The van der Waals surface area contributed by atoms with E-state index in [0.717, 1.165) is 22.6 Å². The number of carbonyl (C=O) groups excluding carboxylic acids is 2. The van der Waals surface area contributed by atoms with Gasteiger partial charge >= 0.3 is 5.97 Å². The van der Waals surface area contributed by atoms with Gasteiger partial charge in [-0.05, 0) is 47.5 Å². The molecule has 0 radical (unpaired) electrons. The highest BCUT2D eigenvalue weighted by Crippen LogP contribution is 2.21. The molecule has 6 heteroatoms. The first-order chi connectivity index (χ1) is 15.1. The molecule has 1 amide bonds. The second-order valence-corrected chi connectivity index (χ2v) is 7.00. The Labute approximate surface area is 182 Å². The van der Waals surface area contributed by atoms with Crippen molar-refractivity contribution < 1.29 is 19.1 Å². The Kier molecular flexibility index (Phi) is 7.65. The van der Waals surface area contributed by atoms with Gasteiger partial charge in [0, 0.05) is 18.8 Å². The third-order valence-corrected chi connectivity index (χ3v) is 4.85. The number of amides is 1. The average Bonchev–Trinajstić information content (AvgIpc) is 2.83. The molecule has 3 aromatic carbocycles. The first-order valence-electron chi connectivity index (χ1n) is 9.96. The van der Waals surface area contributed by atoms with E-state index in [2.05, 4.69) is 5.32 Å². The zero-order valence-corrected chi connectivity index (χ0v) is 17.7. The van der Waals surface area contributed by atoms with Crippen LogP contribution in [0, 0.1) is 0 Å². The number of rotatable bonds is 9. The van der Waals surface area contributed by atoms with Crippen LogP contribution in [0.15, 0.2) is 78.9 Å². The van der Waals surface area contributed by atoms with Crippen molar-refractivity contribution in [2.75, 3.05) is 25.7 Å². The van der Waals surface area contributed by atoms with Crippen LogP contribution in [0.5, 0.6) is 5.75 Å². The molecule has 0 fully saturated rings. The summed E-state index contributed by atoms with van der Waals surface area (Å²) < 4.78 is 9.94. The standard InChI is InChI=1S/C25H26N2O4/c1-30-23-14-12-22(13-15-23)27(17-20-6-4-3-5-7-20)18-24(28)26-16-19-8-10-21(11-9-19)25(29)31-2/h3-15H,16-18H2,1-2H3,(H,26,28). The first-order valence-corrected chi connectivity index (χ1v) is 9.96. The van der Waals surface area contributed by atoms with Crippen LogP contribution in [0.2, 0.25) is 0 Å². The van der Waals surface area contributed by atoms with Gasteiger partial charge < -0.3 is 19.7 Å². The van der Waals surface area contributed by atoms with Gasteiger partial charge in [0.25, 0.3) is 0 Å². The number of benzene rings is 3. The van der Waals surface area contributed by atoms with E-state index >= 15 is 0 Å². The Morgan fingerprint density at radius 2 is 1.52 bits per heavy atom. The largest absolute Gasteiger partial charge is 0.497 e. The van der Waals surface area contributed by atoms with Crippen molar-refractivity contribution in [2.24, 2.45) is 0 Å². The minimum Gasteiger partial charge on any atom is -0.497 e. The molecule has 3 aromatic rings. The minimum atomic E-state index is -0.383. The van der Waals surface area contributed by atoms with Crippen molar-refractivity contribution in [3.63, 3.8) is 0 Å². The summed E-state index contributed by atoms with van der Waals surface area (Å²) in [6, 6.07) is 24.7. The molecule has 0 aliphatic carbocycles. The van der Waals surface area contributed by atoms with Gasteiger partial charge in [0.1, 0.15) is 5.75 Å². The van der Waals surface area contributed by atoms with Crippen LogP contribution in [0.4, 0.5) is 5.69 Å². The lowest BCUT2D eigenvalue weighted by Gasteiger charge is -2.24. The molecule has 0 aliphatic heterocycles. The number of hydrogen-bond donors (Lipinski definition) is 1. The normalized spacial score (nSPS) is 10.3. The average molecular weight is 418 g/mol. The third-order valence-electron chi connectivity index (χ3n) is 4.85. The summed E-state index contributed by atoms with van der Waals surface area (Å²) in [5, 5.41) is 2.95. The molecule has 3 rings (SSSR count). The van der Waals surface area contributed by atoms with E-state index in [0.29, 0.717) is 18.7 Å². The van der Waals surface area contributed by atoms with Gasteiger partial charge in [-0.1, -0.05) is 42.5 Å². The van der Waals surface area contributed by atoms with E-state index in [4.69, 9.17) is 9.47 Å². The zero-order chi connectivity index (χ0) is 22.1. The smallest absolute Gasteiger partial charge is 0.337 e. The van der Waals surface area contributed by atoms with Gasteiger partial charge in [0.2, 0.25) is 5.91 Å². The predicted octanol–water partition coefficient (Wildman–Crippen LogP) is 3.80. The maximum absolute atomic E-state index is 12.7. The molecule has 0 aliphatic rings. The van der Waals surface area contributed by atoms with E-state index in [1.54, 1.807) is 31.4 Å². The number of carbonyl (C=O) groups is 2. The molecule has 6 nitrogen and oxygen atoms in total. The highest BCUT2D eigenvalue weighted by Gasteiger charge is 2.13. The van der Waals surface area contributed by atoms with Crippen molar-refractivity contribution in [1.29, 1.82) is 0 Å². The van der Waals surface area contributed by atoms with Crippen molar-refractivity contribution in [3.05, 3.63) is 95.6 Å². The summed E-state index contributed by atoms with van der Waals surface area (Å²) in [6.07, 6.45) is 0. The fourth-order valence-corrected chi connectivity index (χ4v) is 3.14. The molecule has 0 atom stereocenters. The van der Waals surface area contributed by atoms with Crippen LogP contribution in [0.1, 0.15) is 21.5 Å². The Hall–Kier alpha value is -3.80. The maximum atomic E-state index is 12.7. The molecule has 1 N–H and O–H groups in total. The quantitative estimate of drug-likeness (QED) is 0.536. The molecule has 0 saturated heterocycles. The number of hydrogen-bond acceptors (Lipinski definition) is 5. The van der Waals surface area contributed by atoms with E-state index < -0.39 is 0 Å². The summed E-state index contributed by atoms with van der Waals surface area (Å²) in [5.41, 5.74) is 3.43. The fraction of sp³-hybridized carbons (Fsp3) is 0.200. The topological polar surface area (TPSA) is 67.9 Å². The van der Waals surface area contributed by atoms with Gasteiger partial charge in [-0.2, -0.15) is 0 Å². The van der Waals surface area contributed by atoms with Crippen LogP contribution >= 0.6 is 0 Å². The monoisotopic (exact) mass is 418 g/mol. The van der Waals surface area contributed by atoms with Gasteiger partial charge in [0.15, 0.2) is 0 Å². The van der Waals surface area contributed by atoms with Gasteiger partial charge in [-0.25, -0.2) is 4.79 Å². The van der Waals surface area contributed by atoms with Crippen LogP contribution in [-0.2, 0) is 22.6 Å². The summed E-state index contributed by atoms with van der Waals surface area (Å²) in [6.45, 7) is 1.19. The molecule has 0 saturated carbocycles. The van der Waals surface area contributed by atoms with Crippen LogP contribution in [0.3, 0.4) is 0 Å². The Bertz CT molecular complexity index is 986. The SMILES string of the molecule is COC(=O)c1ccc(CNC(=O)CN(Cc2ccccc2)c2ccc(OC)cc2)cc1.